The summed E-state index contributed by atoms with van der Waals surface area (Å²) in [6, 6.07) is 0. The molecule has 78 valence electrons. The molecular formula is C6H12ClN2O4-. The molecule has 1 heterocycles. The third-order valence-corrected chi connectivity index (χ3v) is 1.93. The molecule has 7 heteroatoms. The van der Waals surface area contributed by atoms with Crippen molar-refractivity contribution >= 4 is 0 Å². The van der Waals surface area contributed by atoms with Gasteiger partial charge >= 0.3 is 0 Å². The maximum absolute atomic E-state index is 10.6. The summed E-state index contributed by atoms with van der Waals surface area (Å²) in [6.45, 7) is 0.122. The van der Waals surface area contributed by atoms with Gasteiger partial charge in [-0.25, -0.2) is 0 Å². The van der Waals surface area contributed by atoms with Crippen LogP contribution in [0.1, 0.15) is 0 Å². The molecule has 0 amide bonds. The molecule has 1 saturated heterocycles. The van der Waals surface area contributed by atoms with Crippen molar-refractivity contribution in [3.63, 3.8) is 0 Å². The molecule has 13 heavy (non-hydrogen) atoms. The van der Waals surface area contributed by atoms with Crippen LogP contribution in [-0.2, 0) is 4.74 Å². The second-order valence-corrected chi connectivity index (χ2v) is 3.13. The molecule has 0 aromatic rings. The van der Waals surface area contributed by atoms with Crippen LogP contribution in [0.2, 0.25) is 0 Å². The first-order chi connectivity index (χ1) is 5.60. The molecule has 1 fully saturated rings. The van der Waals surface area contributed by atoms with Gasteiger partial charge in [0.25, 0.3) is 5.54 Å². The van der Waals surface area contributed by atoms with Crippen LogP contribution in [0.3, 0.4) is 0 Å². The number of halogens is 1. The summed E-state index contributed by atoms with van der Waals surface area (Å²) in [6.07, 6.45) is 0. The summed E-state index contributed by atoms with van der Waals surface area (Å²) >= 11 is 0. The topological polar surface area (TPSA) is 75.8 Å². The minimum atomic E-state index is -1.33. The lowest BCUT2D eigenvalue weighted by molar-refractivity contribution is -0.584. The van der Waals surface area contributed by atoms with Crippen molar-refractivity contribution in [3.05, 3.63) is 10.1 Å². The number of nitro groups is 1. The molecule has 1 atom stereocenters. The first-order valence-corrected chi connectivity index (χ1v) is 3.62. The van der Waals surface area contributed by atoms with Crippen LogP contribution in [0.5, 0.6) is 0 Å². The smallest absolute Gasteiger partial charge is 0.280 e. The Hall–Kier alpha value is -0.430. The van der Waals surface area contributed by atoms with Crippen LogP contribution in [0.25, 0.3) is 0 Å². The molecule has 0 aromatic carbocycles. The van der Waals surface area contributed by atoms with E-state index < -0.39 is 17.1 Å². The SMILES string of the molecule is CN1COCC(CO)([N+](=O)[O-])C1.[Cl-]. The normalized spacial score (nSPS) is 29.4. The van der Waals surface area contributed by atoms with Crippen LogP contribution in [0.15, 0.2) is 0 Å². The molecule has 0 saturated carbocycles. The van der Waals surface area contributed by atoms with Gasteiger partial charge in [0.1, 0.15) is 13.2 Å². The Kier molecular flexibility index (Phi) is 4.55. The zero-order chi connectivity index (χ0) is 9.19. The van der Waals surface area contributed by atoms with Gasteiger partial charge in [0.05, 0.1) is 13.3 Å². The van der Waals surface area contributed by atoms with Crippen LogP contribution in [0.4, 0.5) is 0 Å². The van der Waals surface area contributed by atoms with Gasteiger partial charge in [-0.3, -0.25) is 15.0 Å². The van der Waals surface area contributed by atoms with E-state index in [0.29, 0.717) is 6.73 Å². The zero-order valence-corrected chi connectivity index (χ0v) is 8.03. The highest BCUT2D eigenvalue weighted by atomic mass is 35.5. The van der Waals surface area contributed by atoms with Gasteiger partial charge < -0.3 is 22.3 Å². The lowest BCUT2D eigenvalue weighted by Gasteiger charge is -2.32. The highest BCUT2D eigenvalue weighted by Crippen LogP contribution is 2.15. The number of ether oxygens (including phenoxy) is 1. The second-order valence-electron chi connectivity index (χ2n) is 3.13. The van der Waals surface area contributed by atoms with Crippen molar-refractivity contribution < 1.29 is 27.2 Å². The number of nitrogens with zero attached hydrogens (tertiary/aromatic N) is 2. The fraction of sp³-hybridized carbons (Fsp3) is 1.00. The largest absolute Gasteiger partial charge is 1.00 e. The molecule has 1 rings (SSSR count). The molecule has 1 unspecified atom stereocenters. The number of hydrogen-bond donors (Lipinski definition) is 1. The van der Waals surface area contributed by atoms with E-state index in [4.69, 9.17) is 9.84 Å². The Morgan fingerprint density at radius 3 is 2.69 bits per heavy atom. The van der Waals surface area contributed by atoms with Crippen molar-refractivity contribution in [2.24, 2.45) is 0 Å². The van der Waals surface area contributed by atoms with E-state index in [1.807, 2.05) is 0 Å². The third-order valence-electron chi connectivity index (χ3n) is 1.93. The molecule has 0 bridgehead atoms. The maximum Gasteiger partial charge on any atom is 0.280 e. The van der Waals surface area contributed by atoms with Crippen molar-refractivity contribution in [3.8, 4) is 0 Å². The predicted octanol–water partition coefficient (Wildman–Crippen LogP) is -4.08. The van der Waals surface area contributed by atoms with Crippen molar-refractivity contribution in [2.75, 3.05) is 33.5 Å². The predicted molar refractivity (Wildman–Crippen MR) is 40.3 cm³/mol. The van der Waals surface area contributed by atoms with Gasteiger partial charge in [-0.2, -0.15) is 0 Å². The van der Waals surface area contributed by atoms with E-state index in [9.17, 15) is 10.1 Å². The molecule has 1 aliphatic rings. The Morgan fingerprint density at radius 1 is 1.77 bits per heavy atom. The quantitative estimate of drug-likeness (QED) is 0.371. The highest BCUT2D eigenvalue weighted by Gasteiger charge is 2.46. The molecule has 0 aromatic heterocycles. The van der Waals surface area contributed by atoms with Crippen molar-refractivity contribution in [1.82, 2.24) is 4.90 Å². The summed E-state index contributed by atoms with van der Waals surface area (Å²) in [4.78, 5) is 11.8. The Labute approximate surface area is 82.0 Å². The lowest BCUT2D eigenvalue weighted by atomic mass is 10.0. The molecule has 0 aliphatic carbocycles. The van der Waals surface area contributed by atoms with Gasteiger partial charge in [0.15, 0.2) is 0 Å². The van der Waals surface area contributed by atoms with E-state index in [1.165, 1.54) is 0 Å². The summed E-state index contributed by atoms with van der Waals surface area (Å²) in [5, 5.41) is 19.5. The molecule has 1 N–H and O–H groups in total. The maximum atomic E-state index is 10.6. The summed E-state index contributed by atoms with van der Waals surface area (Å²) in [7, 11) is 1.72. The van der Waals surface area contributed by atoms with E-state index in [0.717, 1.165) is 0 Å². The number of aliphatic hydroxyl groups excluding tert-OH is 1. The van der Waals surface area contributed by atoms with Crippen molar-refractivity contribution in [2.45, 2.75) is 5.54 Å². The average molecular weight is 212 g/mol. The van der Waals surface area contributed by atoms with Crippen LogP contribution in [-0.4, -0.2) is 54.0 Å². The van der Waals surface area contributed by atoms with E-state index in [1.54, 1.807) is 11.9 Å². The fourth-order valence-electron chi connectivity index (χ4n) is 1.25. The first kappa shape index (κ1) is 12.6. The molecule has 0 radical (unpaired) electrons. The minimum absolute atomic E-state index is 0. The molecule has 0 spiro atoms. The molecule has 6 nitrogen and oxygen atoms in total. The number of rotatable bonds is 2. The Bertz CT molecular complexity index is 191. The molecule has 1 aliphatic heterocycles. The number of aliphatic hydroxyl groups is 1. The van der Waals surface area contributed by atoms with Crippen LogP contribution >= 0.6 is 0 Å². The molecular weight excluding hydrogens is 200 g/mol. The fourth-order valence-corrected chi connectivity index (χ4v) is 1.25. The van der Waals surface area contributed by atoms with Gasteiger partial charge in [0, 0.05) is 4.92 Å². The van der Waals surface area contributed by atoms with E-state index >= 15 is 0 Å². The lowest BCUT2D eigenvalue weighted by Crippen LogP contribution is -3.00. The van der Waals surface area contributed by atoms with Gasteiger partial charge in [-0.1, -0.05) is 0 Å². The third kappa shape index (κ3) is 2.50. The van der Waals surface area contributed by atoms with Gasteiger partial charge in [-0.05, 0) is 7.05 Å². The van der Waals surface area contributed by atoms with Crippen LogP contribution in [0, 0.1) is 10.1 Å². The zero-order valence-electron chi connectivity index (χ0n) is 7.27. The Morgan fingerprint density at radius 2 is 2.38 bits per heavy atom. The summed E-state index contributed by atoms with van der Waals surface area (Å²) < 4.78 is 4.97. The van der Waals surface area contributed by atoms with E-state index in [2.05, 4.69) is 0 Å². The Balaban J connectivity index is 0.00000144. The van der Waals surface area contributed by atoms with E-state index in [-0.39, 0.29) is 25.6 Å². The average Bonchev–Trinajstić information content (AvgIpc) is 2.04. The summed E-state index contributed by atoms with van der Waals surface area (Å²) in [5.41, 5.74) is -1.33. The standard InChI is InChI=1S/C6H12N2O4.ClH/c1-7-2-6(3-9,8(10)11)4-12-5-7;/h9H,2-5H2,1H3;1H/p-1. The number of hydrogen-bond acceptors (Lipinski definition) is 5. The monoisotopic (exact) mass is 211 g/mol. The van der Waals surface area contributed by atoms with Gasteiger partial charge in [0.2, 0.25) is 0 Å². The van der Waals surface area contributed by atoms with Crippen molar-refractivity contribution in [1.29, 1.82) is 0 Å². The second kappa shape index (κ2) is 4.71. The minimum Gasteiger partial charge on any atom is -1.00 e. The summed E-state index contributed by atoms with van der Waals surface area (Å²) in [5.74, 6) is 0. The first-order valence-electron chi connectivity index (χ1n) is 3.62. The highest BCUT2D eigenvalue weighted by molar-refractivity contribution is 4.83. The number of likely N-dealkylation sites (N-methyl/N-ethyl adjacent to an activating group) is 1. The van der Waals surface area contributed by atoms with Gasteiger partial charge in [-0.15, -0.1) is 0 Å². The van der Waals surface area contributed by atoms with Crippen LogP contribution < -0.4 is 12.4 Å².